The van der Waals surface area contributed by atoms with Crippen molar-refractivity contribution < 1.29 is 13.2 Å². The summed E-state index contributed by atoms with van der Waals surface area (Å²) in [7, 11) is 2.17. The average Bonchev–Trinajstić information content (AvgIpc) is 2.80. The van der Waals surface area contributed by atoms with Gasteiger partial charge in [-0.15, -0.1) is 5.10 Å². The molecule has 3 aliphatic heterocycles. The van der Waals surface area contributed by atoms with Gasteiger partial charge in [-0.1, -0.05) is 12.1 Å². The first-order chi connectivity index (χ1) is 16.1. The summed E-state index contributed by atoms with van der Waals surface area (Å²) in [6.45, 7) is 5.21. The Morgan fingerprint density at radius 1 is 1.09 bits per heavy atom. The number of rotatable bonds is 4. The molecule has 2 aromatic heterocycles. The molecular formula is C24H28F3N7. The topological polar surface area (TPSA) is 83.2 Å². The molecule has 3 N–H and O–H groups in total. The lowest BCUT2D eigenvalue weighted by Gasteiger charge is -2.50. The molecule has 3 fully saturated rings. The second-order valence-electron chi connectivity index (χ2n) is 9.34. The highest BCUT2D eigenvalue weighted by molar-refractivity contribution is 5.94. The van der Waals surface area contributed by atoms with Crippen molar-refractivity contribution in [2.24, 2.45) is 5.73 Å². The monoisotopic (exact) mass is 471 g/mol. The number of likely N-dealkylation sites (N-methyl/N-ethyl adjacent to an activating group) is 1. The normalized spacial score (nSPS) is 21.8. The van der Waals surface area contributed by atoms with Gasteiger partial charge in [0.25, 0.3) is 0 Å². The van der Waals surface area contributed by atoms with E-state index in [4.69, 9.17) is 10.7 Å². The summed E-state index contributed by atoms with van der Waals surface area (Å²) in [5, 5.41) is 13.2. The molecule has 10 heteroatoms. The SMILES string of the molecule is Cc1c([C@@H](N)Nc2nnc(C)c3cnc(N4C[C@H]5CC[C@@H]4CN5C)cc23)cccc1C(F)(F)F. The Labute approximate surface area is 196 Å². The van der Waals surface area contributed by atoms with Crippen molar-refractivity contribution in [2.45, 2.75) is 51.1 Å². The number of fused-ring (bicyclic) bond motifs is 4. The number of hydrogen-bond donors (Lipinski definition) is 2. The van der Waals surface area contributed by atoms with Crippen molar-refractivity contribution >= 4 is 22.4 Å². The fourth-order valence-corrected chi connectivity index (χ4v) is 5.27. The minimum atomic E-state index is -4.45. The molecule has 0 unspecified atom stereocenters. The first-order valence-corrected chi connectivity index (χ1v) is 11.4. The number of aryl methyl sites for hydroxylation is 1. The zero-order valence-corrected chi connectivity index (χ0v) is 19.4. The molecule has 0 amide bonds. The third-order valence-corrected chi connectivity index (χ3v) is 7.24. The van der Waals surface area contributed by atoms with Gasteiger partial charge in [-0.2, -0.15) is 18.3 Å². The molecule has 180 valence electrons. The van der Waals surface area contributed by atoms with E-state index >= 15 is 0 Å². The fourth-order valence-electron chi connectivity index (χ4n) is 5.27. The van der Waals surface area contributed by atoms with Crippen molar-refractivity contribution in [3.8, 4) is 0 Å². The highest BCUT2D eigenvalue weighted by atomic mass is 19.4. The lowest BCUT2D eigenvalue weighted by atomic mass is 9.91. The van der Waals surface area contributed by atoms with E-state index in [0.29, 0.717) is 23.5 Å². The number of anilines is 2. The van der Waals surface area contributed by atoms with Crippen LogP contribution in [0.25, 0.3) is 10.8 Å². The Hall–Kier alpha value is -2.98. The van der Waals surface area contributed by atoms with Crippen LogP contribution in [0.15, 0.2) is 30.5 Å². The minimum absolute atomic E-state index is 0.0928. The van der Waals surface area contributed by atoms with E-state index in [0.717, 1.165) is 47.9 Å². The van der Waals surface area contributed by atoms with Crippen LogP contribution in [0.4, 0.5) is 24.8 Å². The molecule has 0 aliphatic carbocycles. The highest BCUT2D eigenvalue weighted by Gasteiger charge is 2.38. The number of benzene rings is 1. The number of aromatic nitrogens is 3. The van der Waals surface area contributed by atoms with Crippen LogP contribution in [0, 0.1) is 13.8 Å². The number of nitrogens with one attached hydrogen (secondary N) is 1. The standard InChI is InChI=1S/C24H28F3N7/c1-13-17(5-4-6-20(13)24(25,26)27)22(28)30-23-18-9-21(29-10-19(18)14(2)31-32-23)34-12-15-7-8-16(34)11-33(15)3/h4-6,9-10,15-16,22H,7-8,11-12,28H2,1-3H3,(H,30,32)/t15-,16-,22+/m1/s1. The van der Waals surface area contributed by atoms with Gasteiger partial charge in [-0.05, 0) is 57.0 Å². The maximum absolute atomic E-state index is 13.4. The Balaban J connectivity index is 1.50. The molecule has 3 aliphatic rings. The third-order valence-electron chi connectivity index (χ3n) is 7.24. The van der Waals surface area contributed by atoms with Gasteiger partial charge in [0, 0.05) is 42.1 Å². The lowest BCUT2D eigenvalue weighted by Crippen LogP contribution is -2.61. The second kappa shape index (κ2) is 8.35. The van der Waals surface area contributed by atoms with Crippen molar-refractivity contribution in [3.63, 3.8) is 0 Å². The van der Waals surface area contributed by atoms with Crippen molar-refractivity contribution in [1.29, 1.82) is 0 Å². The maximum atomic E-state index is 13.4. The maximum Gasteiger partial charge on any atom is 0.416 e. The molecule has 34 heavy (non-hydrogen) atoms. The number of piperidine rings is 2. The van der Waals surface area contributed by atoms with Gasteiger partial charge >= 0.3 is 6.18 Å². The van der Waals surface area contributed by atoms with Crippen LogP contribution in [0.3, 0.4) is 0 Å². The van der Waals surface area contributed by atoms with Gasteiger partial charge in [0.05, 0.1) is 11.3 Å². The van der Waals surface area contributed by atoms with Crippen LogP contribution in [-0.2, 0) is 6.18 Å². The lowest BCUT2D eigenvalue weighted by molar-refractivity contribution is -0.138. The smallest absolute Gasteiger partial charge is 0.351 e. The van der Waals surface area contributed by atoms with Crippen LogP contribution in [0.2, 0.25) is 0 Å². The van der Waals surface area contributed by atoms with E-state index in [1.54, 1.807) is 12.3 Å². The highest BCUT2D eigenvalue weighted by Crippen LogP contribution is 2.36. The Morgan fingerprint density at radius 2 is 1.85 bits per heavy atom. The molecule has 5 heterocycles. The summed E-state index contributed by atoms with van der Waals surface area (Å²) in [6.07, 6.45) is -1.22. The number of hydrogen-bond acceptors (Lipinski definition) is 7. The molecule has 3 atom stereocenters. The van der Waals surface area contributed by atoms with Gasteiger partial charge in [-0.3, -0.25) is 4.90 Å². The number of halogens is 3. The summed E-state index contributed by atoms with van der Waals surface area (Å²) >= 11 is 0. The van der Waals surface area contributed by atoms with E-state index in [1.165, 1.54) is 19.4 Å². The van der Waals surface area contributed by atoms with Gasteiger partial charge in [0.1, 0.15) is 12.0 Å². The van der Waals surface area contributed by atoms with Crippen LogP contribution in [0.1, 0.15) is 41.4 Å². The van der Waals surface area contributed by atoms with Gasteiger partial charge in [0.15, 0.2) is 5.82 Å². The number of nitrogens with zero attached hydrogens (tertiary/aromatic N) is 5. The Bertz CT molecular complexity index is 1230. The molecule has 2 bridgehead atoms. The number of piperazine rings is 1. The van der Waals surface area contributed by atoms with Crippen molar-refractivity contribution in [3.05, 3.63) is 52.8 Å². The first kappa shape index (κ1) is 22.8. The predicted octanol–water partition coefficient (Wildman–Crippen LogP) is 4.01. The number of nitrogens with two attached hydrogens (primary N) is 1. The van der Waals surface area contributed by atoms with Crippen LogP contribution in [0.5, 0.6) is 0 Å². The molecule has 0 spiro atoms. The fraction of sp³-hybridized carbons (Fsp3) is 0.458. The van der Waals surface area contributed by atoms with Gasteiger partial charge in [0.2, 0.25) is 0 Å². The summed E-state index contributed by atoms with van der Waals surface area (Å²) in [4.78, 5) is 9.48. The summed E-state index contributed by atoms with van der Waals surface area (Å²) < 4.78 is 40.1. The molecule has 3 saturated heterocycles. The second-order valence-corrected chi connectivity index (χ2v) is 9.34. The molecule has 0 saturated carbocycles. The quantitative estimate of drug-likeness (QED) is 0.556. The van der Waals surface area contributed by atoms with Crippen molar-refractivity contribution in [1.82, 2.24) is 20.1 Å². The zero-order chi connectivity index (χ0) is 24.2. The predicted molar refractivity (Wildman–Crippen MR) is 126 cm³/mol. The Morgan fingerprint density at radius 3 is 2.53 bits per heavy atom. The van der Waals surface area contributed by atoms with E-state index in [2.05, 4.69) is 32.4 Å². The van der Waals surface area contributed by atoms with E-state index in [9.17, 15) is 13.2 Å². The molecule has 1 aromatic carbocycles. The number of alkyl halides is 3. The third kappa shape index (κ3) is 3.94. The van der Waals surface area contributed by atoms with Gasteiger partial charge < -0.3 is 16.0 Å². The largest absolute Gasteiger partial charge is 0.416 e. The minimum Gasteiger partial charge on any atom is -0.351 e. The van der Waals surface area contributed by atoms with Gasteiger partial charge in [-0.25, -0.2) is 4.98 Å². The average molecular weight is 472 g/mol. The summed E-state index contributed by atoms with van der Waals surface area (Å²) in [5.41, 5.74) is 6.82. The first-order valence-electron chi connectivity index (χ1n) is 11.4. The van der Waals surface area contributed by atoms with Crippen LogP contribution < -0.4 is 16.0 Å². The zero-order valence-electron chi connectivity index (χ0n) is 19.4. The van der Waals surface area contributed by atoms with E-state index in [1.807, 2.05) is 13.0 Å². The molecule has 7 nitrogen and oxygen atoms in total. The molecule has 3 aromatic rings. The molecular weight excluding hydrogens is 443 g/mol. The summed E-state index contributed by atoms with van der Waals surface area (Å²) in [5.74, 6) is 1.29. The summed E-state index contributed by atoms with van der Waals surface area (Å²) in [6, 6.07) is 6.94. The van der Waals surface area contributed by atoms with Crippen LogP contribution >= 0.6 is 0 Å². The number of pyridine rings is 1. The molecule has 6 rings (SSSR count). The van der Waals surface area contributed by atoms with Crippen molar-refractivity contribution in [2.75, 3.05) is 30.4 Å². The van der Waals surface area contributed by atoms with Crippen LogP contribution in [-0.4, -0.2) is 52.3 Å². The van der Waals surface area contributed by atoms with E-state index < -0.39 is 17.9 Å². The molecule has 0 radical (unpaired) electrons. The Kier molecular flexibility index (Phi) is 5.60. The van der Waals surface area contributed by atoms with E-state index in [-0.39, 0.29) is 5.56 Å².